The smallest absolute Gasteiger partial charge is 0.338 e. The number of nitrogens with one attached hydrogen (secondary N) is 1. The zero-order chi connectivity index (χ0) is 13.0. The molecule has 0 unspecified atom stereocenters. The van der Waals surface area contributed by atoms with Gasteiger partial charge in [0.25, 0.3) is 5.91 Å². The van der Waals surface area contributed by atoms with Gasteiger partial charge in [0.1, 0.15) is 0 Å². The van der Waals surface area contributed by atoms with Crippen molar-refractivity contribution in [1.29, 1.82) is 0 Å². The Labute approximate surface area is 105 Å². The van der Waals surface area contributed by atoms with E-state index in [2.05, 4.69) is 5.32 Å². The van der Waals surface area contributed by atoms with Crippen LogP contribution in [0.15, 0.2) is 42.5 Å². The zero-order valence-electron chi connectivity index (χ0n) is 9.97. The van der Waals surface area contributed by atoms with E-state index in [1.54, 1.807) is 12.1 Å². The number of amides is 1. The van der Waals surface area contributed by atoms with E-state index in [1.807, 2.05) is 30.3 Å². The van der Waals surface area contributed by atoms with Gasteiger partial charge in [0.15, 0.2) is 6.61 Å². The molecule has 0 atom stereocenters. The van der Waals surface area contributed by atoms with Crippen LogP contribution in [0.2, 0.25) is 0 Å². The van der Waals surface area contributed by atoms with Crippen LogP contribution >= 0.6 is 0 Å². The van der Waals surface area contributed by atoms with E-state index in [4.69, 9.17) is 4.74 Å². The van der Waals surface area contributed by atoms with Crippen molar-refractivity contribution in [2.24, 2.45) is 0 Å². The van der Waals surface area contributed by atoms with E-state index < -0.39 is 5.97 Å². The fourth-order valence-corrected chi connectivity index (χ4v) is 1.60. The molecule has 2 aromatic rings. The van der Waals surface area contributed by atoms with Gasteiger partial charge >= 0.3 is 5.97 Å². The molecule has 1 amide bonds. The van der Waals surface area contributed by atoms with E-state index in [0.717, 1.165) is 10.8 Å². The predicted molar refractivity (Wildman–Crippen MR) is 68.3 cm³/mol. The van der Waals surface area contributed by atoms with Crippen molar-refractivity contribution >= 4 is 22.6 Å². The van der Waals surface area contributed by atoms with Crippen LogP contribution in [-0.4, -0.2) is 25.5 Å². The molecule has 4 nitrogen and oxygen atoms in total. The summed E-state index contributed by atoms with van der Waals surface area (Å²) in [7, 11) is 1.49. The minimum atomic E-state index is -0.496. The molecule has 1 N–H and O–H groups in total. The highest BCUT2D eigenvalue weighted by Gasteiger charge is 2.09. The lowest BCUT2D eigenvalue weighted by Gasteiger charge is -2.05. The topological polar surface area (TPSA) is 55.4 Å². The quantitative estimate of drug-likeness (QED) is 0.835. The lowest BCUT2D eigenvalue weighted by Crippen LogP contribution is -2.25. The number of hydrogen-bond donors (Lipinski definition) is 1. The number of carbonyl (C=O) groups excluding carboxylic acids is 2. The van der Waals surface area contributed by atoms with E-state index in [1.165, 1.54) is 7.05 Å². The number of carbonyl (C=O) groups is 2. The molecule has 0 aliphatic carbocycles. The van der Waals surface area contributed by atoms with E-state index in [0.29, 0.717) is 5.56 Å². The molecule has 0 saturated carbocycles. The maximum atomic E-state index is 11.7. The van der Waals surface area contributed by atoms with Crippen LogP contribution in [0.25, 0.3) is 10.8 Å². The molecular formula is C14H13NO3. The molecule has 0 aliphatic heterocycles. The van der Waals surface area contributed by atoms with Crippen molar-refractivity contribution in [3.8, 4) is 0 Å². The standard InChI is InChI=1S/C14H13NO3/c1-15-13(16)9-18-14(17)12-7-6-10-4-2-3-5-11(10)8-12/h2-8H,9H2,1H3,(H,15,16). The first-order chi connectivity index (χ1) is 8.70. The Morgan fingerprint density at radius 3 is 2.56 bits per heavy atom. The Bertz CT molecular complexity index is 592. The summed E-state index contributed by atoms with van der Waals surface area (Å²) in [6, 6.07) is 13.0. The molecule has 0 aromatic heterocycles. The molecule has 4 heteroatoms. The summed E-state index contributed by atoms with van der Waals surface area (Å²) in [5, 5.41) is 4.41. The molecule has 0 radical (unpaired) electrons. The molecule has 2 rings (SSSR count). The van der Waals surface area contributed by atoms with E-state index in [-0.39, 0.29) is 12.5 Å². The second-order valence-electron chi connectivity index (χ2n) is 3.81. The number of ether oxygens (including phenoxy) is 1. The Morgan fingerprint density at radius 2 is 1.83 bits per heavy atom. The fraction of sp³-hybridized carbons (Fsp3) is 0.143. The molecule has 0 saturated heterocycles. The molecule has 0 aliphatic rings. The Morgan fingerprint density at radius 1 is 1.11 bits per heavy atom. The lowest BCUT2D eigenvalue weighted by molar-refractivity contribution is -0.123. The predicted octanol–water partition coefficient (Wildman–Crippen LogP) is 1.74. The summed E-state index contributed by atoms with van der Waals surface area (Å²) in [6.45, 7) is -0.262. The van der Waals surface area contributed by atoms with Gasteiger partial charge in [-0.1, -0.05) is 30.3 Å². The second kappa shape index (κ2) is 5.31. The van der Waals surface area contributed by atoms with Gasteiger partial charge in [-0.2, -0.15) is 0 Å². The molecular weight excluding hydrogens is 230 g/mol. The Balaban J connectivity index is 2.15. The second-order valence-corrected chi connectivity index (χ2v) is 3.81. The third-order valence-corrected chi connectivity index (χ3v) is 2.60. The van der Waals surface area contributed by atoms with Crippen molar-refractivity contribution in [2.75, 3.05) is 13.7 Å². The third-order valence-electron chi connectivity index (χ3n) is 2.60. The van der Waals surface area contributed by atoms with Gasteiger partial charge in [-0.25, -0.2) is 4.79 Å². The van der Waals surface area contributed by atoms with Gasteiger partial charge in [0.05, 0.1) is 5.56 Å². The van der Waals surface area contributed by atoms with E-state index in [9.17, 15) is 9.59 Å². The zero-order valence-corrected chi connectivity index (χ0v) is 9.97. The molecule has 92 valence electrons. The van der Waals surface area contributed by atoms with Crippen LogP contribution in [0.5, 0.6) is 0 Å². The molecule has 2 aromatic carbocycles. The van der Waals surface area contributed by atoms with Crippen LogP contribution < -0.4 is 5.32 Å². The number of hydrogen-bond acceptors (Lipinski definition) is 3. The summed E-state index contributed by atoms with van der Waals surface area (Å²) < 4.78 is 4.88. The molecule has 0 bridgehead atoms. The summed E-state index contributed by atoms with van der Waals surface area (Å²) in [6.07, 6.45) is 0. The summed E-state index contributed by atoms with van der Waals surface area (Å²) in [4.78, 5) is 22.7. The van der Waals surface area contributed by atoms with Crippen molar-refractivity contribution in [1.82, 2.24) is 5.32 Å². The monoisotopic (exact) mass is 243 g/mol. The Kier molecular flexibility index (Phi) is 3.57. The molecule has 18 heavy (non-hydrogen) atoms. The number of likely N-dealkylation sites (N-methyl/N-ethyl adjacent to an activating group) is 1. The van der Waals surface area contributed by atoms with Gasteiger partial charge in [-0.15, -0.1) is 0 Å². The minimum Gasteiger partial charge on any atom is -0.452 e. The summed E-state index contributed by atoms with van der Waals surface area (Å²) in [5.74, 6) is -0.825. The first-order valence-electron chi connectivity index (χ1n) is 5.57. The van der Waals surface area contributed by atoms with Crippen molar-refractivity contribution in [2.45, 2.75) is 0 Å². The van der Waals surface area contributed by atoms with Crippen molar-refractivity contribution in [3.05, 3.63) is 48.0 Å². The number of esters is 1. The van der Waals surface area contributed by atoms with Crippen molar-refractivity contribution < 1.29 is 14.3 Å². The van der Waals surface area contributed by atoms with Gasteiger partial charge in [0, 0.05) is 7.05 Å². The largest absolute Gasteiger partial charge is 0.452 e. The van der Waals surface area contributed by atoms with Crippen molar-refractivity contribution in [3.63, 3.8) is 0 Å². The maximum Gasteiger partial charge on any atom is 0.338 e. The average Bonchev–Trinajstić information content (AvgIpc) is 2.43. The van der Waals surface area contributed by atoms with Crippen LogP contribution in [0.4, 0.5) is 0 Å². The molecule has 0 spiro atoms. The van der Waals surface area contributed by atoms with Gasteiger partial charge in [0.2, 0.25) is 0 Å². The number of fused-ring (bicyclic) bond motifs is 1. The van der Waals surface area contributed by atoms with Crippen LogP contribution in [0.3, 0.4) is 0 Å². The third kappa shape index (κ3) is 2.66. The normalized spacial score (nSPS) is 10.1. The fourth-order valence-electron chi connectivity index (χ4n) is 1.60. The maximum absolute atomic E-state index is 11.7. The first-order valence-corrected chi connectivity index (χ1v) is 5.57. The highest BCUT2D eigenvalue weighted by molar-refractivity contribution is 5.96. The highest BCUT2D eigenvalue weighted by atomic mass is 16.5. The van der Waals surface area contributed by atoms with E-state index >= 15 is 0 Å². The molecule has 0 fully saturated rings. The number of rotatable bonds is 3. The van der Waals surface area contributed by atoms with Gasteiger partial charge < -0.3 is 10.1 Å². The minimum absolute atomic E-state index is 0.262. The lowest BCUT2D eigenvalue weighted by atomic mass is 10.1. The summed E-state index contributed by atoms with van der Waals surface area (Å²) in [5.41, 5.74) is 0.442. The molecule has 0 heterocycles. The first kappa shape index (κ1) is 12.1. The van der Waals surface area contributed by atoms with Crippen LogP contribution in [0, 0.1) is 0 Å². The number of benzene rings is 2. The van der Waals surface area contributed by atoms with Gasteiger partial charge in [-0.05, 0) is 22.9 Å². The van der Waals surface area contributed by atoms with Crippen LogP contribution in [-0.2, 0) is 9.53 Å². The highest BCUT2D eigenvalue weighted by Crippen LogP contribution is 2.16. The van der Waals surface area contributed by atoms with Gasteiger partial charge in [-0.3, -0.25) is 4.79 Å². The SMILES string of the molecule is CNC(=O)COC(=O)c1ccc2ccccc2c1. The average molecular weight is 243 g/mol. The Hall–Kier alpha value is -2.36. The summed E-state index contributed by atoms with van der Waals surface area (Å²) >= 11 is 0. The van der Waals surface area contributed by atoms with Crippen LogP contribution in [0.1, 0.15) is 10.4 Å².